The first-order chi connectivity index (χ1) is 11.7. The predicted octanol–water partition coefficient (Wildman–Crippen LogP) is 3.51. The van der Waals surface area contributed by atoms with Gasteiger partial charge in [-0.1, -0.05) is 12.1 Å². The lowest BCUT2D eigenvalue weighted by molar-refractivity contribution is 0.0508. The molecule has 7 heteroatoms. The lowest BCUT2D eigenvalue weighted by Gasteiger charge is -2.22. The summed E-state index contributed by atoms with van der Waals surface area (Å²) in [5.41, 5.74) is 0.270. The number of carbonyl (C=O) groups excluding carboxylic acids is 1. The molecule has 1 aromatic rings. The maximum absolute atomic E-state index is 11.8. The number of hydrogen-bond acceptors (Lipinski definition) is 6. The largest absolute Gasteiger partial charge is 0.444 e. The van der Waals surface area contributed by atoms with E-state index < -0.39 is 11.7 Å². The molecular formula is C18H19N5O2. The van der Waals surface area contributed by atoms with E-state index >= 15 is 0 Å². The summed E-state index contributed by atoms with van der Waals surface area (Å²) in [4.78, 5) is 11.8. The second kappa shape index (κ2) is 8.38. The summed E-state index contributed by atoms with van der Waals surface area (Å²) in [6, 6.07) is 11.7. The molecule has 7 nitrogen and oxygen atoms in total. The third-order valence-electron chi connectivity index (χ3n) is 2.97. The molecule has 0 aliphatic rings. The number of alkyl carbamates (subject to hydrolysis) is 1. The molecule has 0 aromatic heterocycles. The quantitative estimate of drug-likeness (QED) is 0.811. The second-order valence-corrected chi connectivity index (χ2v) is 6.20. The number of nitrogens with zero attached hydrogens (tertiary/aromatic N) is 3. The van der Waals surface area contributed by atoms with Crippen LogP contribution in [0.25, 0.3) is 0 Å². The Hall–Kier alpha value is -3.50. The van der Waals surface area contributed by atoms with Crippen molar-refractivity contribution in [3.8, 4) is 18.2 Å². The molecule has 1 amide bonds. The topological polar surface area (TPSA) is 122 Å². The van der Waals surface area contributed by atoms with Gasteiger partial charge in [-0.25, -0.2) is 4.79 Å². The fraction of sp³-hybridized carbons (Fsp3) is 0.333. The number of amides is 1. The van der Waals surface area contributed by atoms with Gasteiger partial charge in [0, 0.05) is 5.69 Å². The van der Waals surface area contributed by atoms with E-state index in [1.165, 1.54) is 0 Å². The zero-order valence-electron chi connectivity index (χ0n) is 14.5. The van der Waals surface area contributed by atoms with Gasteiger partial charge in [-0.3, -0.25) is 0 Å². The Morgan fingerprint density at radius 1 is 1.16 bits per heavy atom. The number of rotatable bonds is 4. The molecule has 0 aliphatic heterocycles. The average Bonchev–Trinajstić information content (AvgIpc) is 2.53. The molecule has 1 aromatic carbocycles. The fourth-order valence-corrected chi connectivity index (χ4v) is 1.88. The van der Waals surface area contributed by atoms with E-state index in [1.807, 2.05) is 0 Å². The predicted molar refractivity (Wildman–Crippen MR) is 91.7 cm³/mol. The first kappa shape index (κ1) is 19.5. The number of carbonyl (C=O) groups is 1. The van der Waals surface area contributed by atoms with Crippen molar-refractivity contribution in [2.45, 2.75) is 39.3 Å². The van der Waals surface area contributed by atoms with Crippen LogP contribution in [0.15, 0.2) is 35.5 Å². The van der Waals surface area contributed by atoms with Crippen LogP contribution in [0.1, 0.15) is 39.3 Å². The lowest BCUT2D eigenvalue weighted by atomic mass is 10.1. The summed E-state index contributed by atoms with van der Waals surface area (Å²) in [5.74, 6) is 0. The van der Waals surface area contributed by atoms with Crippen molar-refractivity contribution in [2.75, 3.05) is 5.32 Å². The van der Waals surface area contributed by atoms with Gasteiger partial charge in [0.25, 0.3) is 0 Å². The molecule has 0 aliphatic carbocycles. The van der Waals surface area contributed by atoms with E-state index in [0.29, 0.717) is 5.69 Å². The summed E-state index contributed by atoms with van der Waals surface area (Å²) in [6.45, 7) is 7.12. The third kappa shape index (κ3) is 6.25. The minimum atomic E-state index is -0.593. The summed E-state index contributed by atoms with van der Waals surface area (Å²) in [7, 11) is 0. The highest BCUT2D eigenvalue weighted by Gasteiger charge is 2.18. The highest BCUT2D eigenvalue weighted by molar-refractivity contribution is 5.68. The summed E-state index contributed by atoms with van der Waals surface area (Å²) in [5, 5.41) is 32.3. The van der Waals surface area contributed by atoms with Crippen molar-refractivity contribution < 1.29 is 9.53 Å². The van der Waals surface area contributed by atoms with E-state index in [0.717, 1.165) is 5.56 Å². The van der Waals surface area contributed by atoms with Crippen LogP contribution in [-0.4, -0.2) is 11.7 Å². The molecule has 0 bridgehead atoms. The molecule has 1 unspecified atom stereocenters. The minimum absolute atomic E-state index is 0.130. The molecule has 0 fully saturated rings. The zero-order chi connectivity index (χ0) is 19.0. The Morgan fingerprint density at radius 2 is 1.80 bits per heavy atom. The van der Waals surface area contributed by atoms with E-state index in [9.17, 15) is 4.79 Å². The number of hydrogen-bond donors (Lipinski definition) is 2. The van der Waals surface area contributed by atoms with Crippen LogP contribution in [0.4, 0.5) is 10.5 Å². The Balaban J connectivity index is 2.94. The van der Waals surface area contributed by atoms with Crippen molar-refractivity contribution in [3.63, 3.8) is 0 Å². The Kier molecular flexibility index (Phi) is 6.55. The molecule has 2 N–H and O–H groups in total. The number of benzene rings is 1. The first-order valence-electron chi connectivity index (χ1n) is 7.51. The van der Waals surface area contributed by atoms with Crippen molar-refractivity contribution in [1.82, 2.24) is 5.32 Å². The third-order valence-corrected chi connectivity index (χ3v) is 2.97. The molecule has 1 rings (SSSR count). The van der Waals surface area contributed by atoms with Crippen LogP contribution in [0.2, 0.25) is 0 Å². The maximum Gasteiger partial charge on any atom is 0.408 e. The smallest absolute Gasteiger partial charge is 0.408 e. The van der Waals surface area contributed by atoms with Crippen molar-refractivity contribution in [3.05, 3.63) is 41.1 Å². The summed E-state index contributed by atoms with van der Waals surface area (Å²) < 4.78 is 5.21. The van der Waals surface area contributed by atoms with Crippen LogP contribution >= 0.6 is 0 Å². The van der Waals surface area contributed by atoms with E-state index in [1.54, 1.807) is 70.2 Å². The first-order valence-corrected chi connectivity index (χ1v) is 7.51. The molecular weight excluding hydrogens is 318 g/mol. The normalized spacial score (nSPS) is 11.1. The number of anilines is 1. The standard InChI is InChI=1S/C18H19N5O2/c1-12(22-17(24)25-18(2,3)4)13-6-5-7-15(8-13)23-16(11-21)14(9-19)10-20/h5-8,12,23H,1-4H3,(H,22,24). The van der Waals surface area contributed by atoms with Gasteiger partial charge >= 0.3 is 6.09 Å². The van der Waals surface area contributed by atoms with Crippen LogP contribution in [-0.2, 0) is 4.74 Å². The SMILES string of the molecule is CC(NC(=O)OC(C)(C)C)c1cccc(NC(C#N)=C(C#N)C#N)c1. The van der Waals surface area contributed by atoms with Gasteiger partial charge in [0.05, 0.1) is 6.04 Å². The van der Waals surface area contributed by atoms with Crippen LogP contribution in [0.5, 0.6) is 0 Å². The lowest BCUT2D eigenvalue weighted by Crippen LogP contribution is -2.34. The molecule has 0 spiro atoms. The Labute approximate surface area is 147 Å². The Bertz CT molecular complexity index is 784. The van der Waals surface area contributed by atoms with Crippen LogP contribution < -0.4 is 10.6 Å². The van der Waals surface area contributed by atoms with Gasteiger partial charge < -0.3 is 15.4 Å². The van der Waals surface area contributed by atoms with Gasteiger partial charge in [0.1, 0.15) is 29.5 Å². The van der Waals surface area contributed by atoms with Crippen LogP contribution in [0, 0.1) is 34.0 Å². The fourth-order valence-electron chi connectivity index (χ4n) is 1.88. The van der Waals surface area contributed by atoms with Crippen molar-refractivity contribution in [1.29, 1.82) is 15.8 Å². The van der Waals surface area contributed by atoms with Crippen LogP contribution in [0.3, 0.4) is 0 Å². The molecule has 0 saturated carbocycles. The maximum atomic E-state index is 11.8. The van der Waals surface area contributed by atoms with Crippen molar-refractivity contribution in [2.24, 2.45) is 0 Å². The molecule has 25 heavy (non-hydrogen) atoms. The number of nitriles is 3. The molecule has 0 radical (unpaired) electrons. The average molecular weight is 337 g/mol. The number of nitrogens with one attached hydrogen (secondary N) is 2. The highest BCUT2D eigenvalue weighted by Crippen LogP contribution is 2.20. The van der Waals surface area contributed by atoms with E-state index in [2.05, 4.69) is 10.6 Å². The summed E-state index contributed by atoms with van der Waals surface area (Å²) in [6.07, 6.45) is -0.535. The van der Waals surface area contributed by atoms with Gasteiger partial charge in [-0.2, -0.15) is 15.8 Å². The molecule has 0 heterocycles. The number of allylic oxidation sites excluding steroid dienone is 2. The van der Waals surface area contributed by atoms with E-state index in [4.69, 9.17) is 20.5 Å². The Morgan fingerprint density at radius 3 is 2.32 bits per heavy atom. The van der Waals surface area contributed by atoms with Gasteiger partial charge in [0.15, 0.2) is 5.57 Å². The van der Waals surface area contributed by atoms with E-state index in [-0.39, 0.29) is 17.3 Å². The van der Waals surface area contributed by atoms with Gasteiger partial charge in [0.2, 0.25) is 0 Å². The number of ether oxygens (including phenoxy) is 1. The monoisotopic (exact) mass is 337 g/mol. The minimum Gasteiger partial charge on any atom is -0.444 e. The van der Waals surface area contributed by atoms with Gasteiger partial charge in [-0.15, -0.1) is 0 Å². The van der Waals surface area contributed by atoms with Gasteiger partial charge in [-0.05, 0) is 45.4 Å². The highest BCUT2D eigenvalue weighted by atomic mass is 16.6. The second-order valence-electron chi connectivity index (χ2n) is 6.20. The zero-order valence-corrected chi connectivity index (χ0v) is 14.5. The van der Waals surface area contributed by atoms with Crippen molar-refractivity contribution >= 4 is 11.8 Å². The molecule has 128 valence electrons. The summed E-state index contributed by atoms with van der Waals surface area (Å²) >= 11 is 0. The molecule has 0 saturated heterocycles. The molecule has 1 atom stereocenters.